The monoisotopic (exact) mass is 817 g/mol. The van der Waals surface area contributed by atoms with Crippen molar-refractivity contribution >= 4 is 23.3 Å². The zero-order valence-electron chi connectivity index (χ0n) is 35.0. The van der Waals surface area contributed by atoms with Crippen LogP contribution >= 0.6 is 11.6 Å². The number of aryl methyl sites for hydroxylation is 1. The third-order valence-corrected chi connectivity index (χ3v) is 13.7. The Morgan fingerprint density at radius 3 is 2.45 bits per heavy atom. The predicted molar refractivity (Wildman–Crippen MR) is 228 cm³/mol. The van der Waals surface area contributed by atoms with Gasteiger partial charge in [0.1, 0.15) is 11.3 Å². The van der Waals surface area contributed by atoms with Crippen LogP contribution in [0, 0.1) is 17.8 Å². The topological polar surface area (TPSA) is 112 Å². The van der Waals surface area contributed by atoms with E-state index in [-0.39, 0.29) is 17.3 Å². The molecule has 0 bridgehead atoms. The number of benzene rings is 2. The number of rotatable bonds is 18. The summed E-state index contributed by atoms with van der Waals surface area (Å²) in [7, 11) is 3.50. The summed E-state index contributed by atoms with van der Waals surface area (Å²) in [5.74, 6) is 3.04. The first-order valence-electron chi connectivity index (χ1n) is 21.6. The molecule has 2 N–H and O–H groups in total. The zero-order valence-corrected chi connectivity index (χ0v) is 35.8. The zero-order chi connectivity index (χ0) is 40.7. The lowest BCUT2D eigenvalue weighted by atomic mass is 9.59. The molecule has 316 valence electrons. The molecule has 3 aromatic rings. The van der Waals surface area contributed by atoms with Crippen molar-refractivity contribution in [3.63, 3.8) is 0 Å². The number of carboxylic acids is 1. The van der Waals surface area contributed by atoms with Crippen LogP contribution in [0.2, 0.25) is 5.02 Å². The van der Waals surface area contributed by atoms with Crippen molar-refractivity contribution in [2.75, 3.05) is 72.2 Å². The van der Waals surface area contributed by atoms with Gasteiger partial charge in [-0.3, -0.25) is 4.98 Å². The van der Waals surface area contributed by atoms with Gasteiger partial charge in [0.05, 0.1) is 19.8 Å². The van der Waals surface area contributed by atoms with Gasteiger partial charge in [-0.1, -0.05) is 31.5 Å². The van der Waals surface area contributed by atoms with E-state index in [0.717, 1.165) is 107 Å². The molecule has 0 radical (unpaired) electrons. The highest BCUT2D eigenvalue weighted by Gasteiger charge is 2.54. The number of nitrogens with zero attached hydrogens (tertiary/aromatic N) is 2. The van der Waals surface area contributed by atoms with E-state index in [2.05, 4.69) is 36.2 Å². The van der Waals surface area contributed by atoms with Gasteiger partial charge in [-0.05, 0) is 141 Å². The van der Waals surface area contributed by atoms with Crippen LogP contribution in [0.15, 0.2) is 48.7 Å². The molecule has 4 aliphatic rings. The highest BCUT2D eigenvalue weighted by molar-refractivity contribution is 6.30. The fourth-order valence-electron chi connectivity index (χ4n) is 10.4. The highest BCUT2D eigenvalue weighted by Crippen LogP contribution is 2.58. The van der Waals surface area contributed by atoms with E-state index in [0.29, 0.717) is 49.5 Å². The minimum absolute atomic E-state index is 0.202. The Labute approximate surface area is 350 Å². The number of carbonyl (C=O) groups is 1. The number of halogens is 1. The molecule has 0 amide bonds. The number of pyridine rings is 1. The Morgan fingerprint density at radius 1 is 1.03 bits per heavy atom. The predicted octanol–water partition coefficient (Wildman–Crippen LogP) is 8.96. The SMILES string of the molecule is COCCCN(CCCOC)CC1COc2cc3c(cc2OC1)C1(CCC(Nc2cccc(Cl)c2)(C(=O)O)CC1)[C@@H](C[C@@H](C)COc1ccnc2c1[C@H](C)CCC2)C3. The van der Waals surface area contributed by atoms with Gasteiger partial charge in [-0.15, -0.1) is 0 Å². The molecule has 10 nitrogen and oxygen atoms in total. The van der Waals surface area contributed by atoms with Crippen LogP contribution in [0.5, 0.6) is 17.2 Å². The fraction of sp³-hybridized carbons (Fsp3) is 0.617. The van der Waals surface area contributed by atoms with E-state index in [9.17, 15) is 9.90 Å². The molecular formula is C47H64ClN3O7. The number of anilines is 1. The van der Waals surface area contributed by atoms with Gasteiger partial charge in [-0.2, -0.15) is 0 Å². The summed E-state index contributed by atoms with van der Waals surface area (Å²) in [6.07, 6.45) is 11.6. The maximum Gasteiger partial charge on any atom is 0.329 e. The van der Waals surface area contributed by atoms with E-state index in [1.165, 1.54) is 28.8 Å². The summed E-state index contributed by atoms with van der Waals surface area (Å²) in [5, 5.41) is 14.8. The first kappa shape index (κ1) is 42.6. The largest absolute Gasteiger partial charge is 0.493 e. The Hall–Kier alpha value is -3.57. The molecule has 1 unspecified atom stereocenters. The third kappa shape index (κ3) is 9.56. The van der Waals surface area contributed by atoms with Gasteiger partial charge in [0.25, 0.3) is 0 Å². The van der Waals surface area contributed by atoms with Crippen molar-refractivity contribution < 1.29 is 33.6 Å². The van der Waals surface area contributed by atoms with Crippen molar-refractivity contribution in [2.45, 2.75) is 101 Å². The standard InChI is InChI=1S/C47H64ClN3O7/c1-32(29-56-41-13-18-49-40-12-5-9-33(2)44(40)41)23-36-24-35-25-42-43(58-31-34(30-57-42)28-51(19-7-21-54-3)20-8-22-55-4)27-39(35)46(36)14-16-47(17-15-46,45(52)53)50-38-11-6-10-37(48)26-38/h6,10-11,13,18,25-27,32-34,36,50H,5,7-9,12,14-17,19-24,28-31H2,1-4H3,(H,52,53)/t32-,33-,34?,36+,46?,47?/m1/s1. The van der Waals surface area contributed by atoms with Crippen LogP contribution in [0.25, 0.3) is 0 Å². The molecule has 1 spiro atoms. The molecule has 58 heavy (non-hydrogen) atoms. The first-order valence-corrected chi connectivity index (χ1v) is 22.0. The van der Waals surface area contributed by atoms with Crippen LogP contribution < -0.4 is 19.5 Å². The summed E-state index contributed by atoms with van der Waals surface area (Å²) in [4.78, 5) is 20.3. The minimum Gasteiger partial charge on any atom is -0.493 e. The van der Waals surface area contributed by atoms with Crippen LogP contribution in [-0.4, -0.2) is 93.4 Å². The molecule has 1 aliphatic heterocycles. The number of aliphatic carboxylic acids is 1. The third-order valence-electron chi connectivity index (χ3n) is 13.5. The van der Waals surface area contributed by atoms with Gasteiger partial charge in [0, 0.05) is 81.1 Å². The smallest absolute Gasteiger partial charge is 0.329 e. The Kier molecular flexibility index (Phi) is 14.1. The second-order valence-electron chi connectivity index (χ2n) is 17.6. The van der Waals surface area contributed by atoms with Crippen LogP contribution in [-0.2, 0) is 32.5 Å². The quantitative estimate of drug-likeness (QED) is 0.121. The molecule has 2 heterocycles. The number of hydrogen-bond donors (Lipinski definition) is 2. The second-order valence-corrected chi connectivity index (χ2v) is 18.1. The van der Waals surface area contributed by atoms with Gasteiger partial charge in [0.15, 0.2) is 11.5 Å². The molecule has 4 atom stereocenters. The molecule has 7 rings (SSSR count). The van der Waals surface area contributed by atoms with Crippen LogP contribution in [0.1, 0.15) is 99.9 Å². The summed E-state index contributed by atoms with van der Waals surface area (Å²) < 4.78 is 30.6. The second kappa shape index (κ2) is 19.2. The van der Waals surface area contributed by atoms with E-state index in [1.54, 1.807) is 14.2 Å². The van der Waals surface area contributed by atoms with Crippen molar-refractivity contribution in [3.8, 4) is 17.2 Å². The van der Waals surface area contributed by atoms with Crippen molar-refractivity contribution in [2.24, 2.45) is 17.8 Å². The maximum absolute atomic E-state index is 13.1. The maximum atomic E-state index is 13.1. The highest BCUT2D eigenvalue weighted by atomic mass is 35.5. The molecule has 11 heteroatoms. The van der Waals surface area contributed by atoms with Crippen LogP contribution in [0.3, 0.4) is 0 Å². The van der Waals surface area contributed by atoms with E-state index >= 15 is 0 Å². The number of hydrogen-bond acceptors (Lipinski definition) is 9. The average Bonchev–Trinajstić information content (AvgIpc) is 3.33. The molecule has 2 aromatic carbocycles. The molecule has 3 aliphatic carbocycles. The number of carboxylic acid groups (broad SMARTS) is 1. The lowest BCUT2D eigenvalue weighted by Gasteiger charge is -2.47. The van der Waals surface area contributed by atoms with Crippen molar-refractivity contribution in [1.29, 1.82) is 0 Å². The van der Waals surface area contributed by atoms with Gasteiger partial charge in [-0.25, -0.2) is 4.79 Å². The van der Waals surface area contributed by atoms with Gasteiger partial charge in [0.2, 0.25) is 0 Å². The summed E-state index contributed by atoms with van der Waals surface area (Å²) in [6.45, 7) is 10.6. The molecule has 1 saturated carbocycles. The van der Waals surface area contributed by atoms with Crippen molar-refractivity contribution in [1.82, 2.24) is 9.88 Å². The lowest BCUT2D eigenvalue weighted by molar-refractivity contribution is -0.144. The van der Waals surface area contributed by atoms with Crippen LogP contribution in [0.4, 0.5) is 5.69 Å². The summed E-state index contributed by atoms with van der Waals surface area (Å²) in [6, 6.07) is 13.9. The van der Waals surface area contributed by atoms with Crippen molar-refractivity contribution in [3.05, 3.63) is 76.1 Å². The minimum atomic E-state index is -1.09. The number of nitrogens with one attached hydrogen (secondary N) is 1. The summed E-state index contributed by atoms with van der Waals surface area (Å²) in [5.41, 5.74) is 4.49. The molecule has 0 saturated heterocycles. The Morgan fingerprint density at radius 2 is 1.76 bits per heavy atom. The number of fused-ring (bicyclic) bond motifs is 4. The van der Waals surface area contributed by atoms with E-state index in [4.69, 9.17) is 40.3 Å². The Balaban J connectivity index is 1.11. The molecule has 1 aromatic heterocycles. The van der Waals surface area contributed by atoms with Gasteiger partial charge >= 0.3 is 5.97 Å². The van der Waals surface area contributed by atoms with Gasteiger partial charge < -0.3 is 39.0 Å². The fourth-order valence-corrected chi connectivity index (χ4v) is 10.6. The van der Waals surface area contributed by atoms with E-state index < -0.39 is 11.5 Å². The summed E-state index contributed by atoms with van der Waals surface area (Å²) >= 11 is 6.34. The first-order chi connectivity index (χ1) is 28.1. The number of ether oxygens (including phenoxy) is 5. The van der Waals surface area contributed by atoms with E-state index in [1.807, 2.05) is 36.5 Å². The average molecular weight is 818 g/mol. The molecular weight excluding hydrogens is 754 g/mol. The number of methoxy groups -OCH3 is 2. The Bertz CT molecular complexity index is 1840. The lowest BCUT2D eigenvalue weighted by Crippen LogP contribution is -2.53. The normalized spacial score (nSPS) is 25.5. The number of aromatic nitrogens is 1. The molecule has 1 fully saturated rings.